The van der Waals surface area contributed by atoms with Crippen molar-refractivity contribution in [2.24, 2.45) is 0 Å². The van der Waals surface area contributed by atoms with Crippen LogP contribution in [-0.4, -0.2) is 35.5 Å². The van der Waals surface area contributed by atoms with E-state index in [1.807, 2.05) is 30.3 Å². The molecule has 1 amide bonds. The van der Waals surface area contributed by atoms with Crippen LogP contribution in [0.4, 0.5) is 10.1 Å². The predicted octanol–water partition coefficient (Wildman–Crippen LogP) is 1.56. The average Bonchev–Trinajstić information content (AvgIpc) is 3.20. The zero-order valence-corrected chi connectivity index (χ0v) is 14.5. The van der Waals surface area contributed by atoms with E-state index < -0.39 is 39.9 Å². The van der Waals surface area contributed by atoms with Crippen molar-refractivity contribution in [3.05, 3.63) is 60.8 Å². The Kier molecular flexibility index (Phi) is 3.84. The third kappa shape index (κ3) is 2.89. The number of phenolic OH excluding ortho intramolecular Hbond substituents is 1. The molecule has 4 rings (SSSR count). The van der Waals surface area contributed by atoms with Crippen LogP contribution in [-0.2, 0) is 15.0 Å². The van der Waals surface area contributed by atoms with Crippen molar-refractivity contribution in [2.75, 3.05) is 10.8 Å². The fraction of sp³-hybridized carbons (Fsp3) is 0.0588. The number of aromatic hydroxyl groups is 1. The van der Waals surface area contributed by atoms with Crippen molar-refractivity contribution in [1.82, 2.24) is 14.3 Å². The van der Waals surface area contributed by atoms with Crippen molar-refractivity contribution in [1.29, 1.82) is 0 Å². The Morgan fingerprint density at radius 1 is 1.15 bits per heavy atom. The summed E-state index contributed by atoms with van der Waals surface area (Å²) in [6.45, 7) is -0.616. The van der Waals surface area contributed by atoms with Crippen molar-refractivity contribution in [3.8, 4) is 22.7 Å². The maximum absolute atomic E-state index is 15.1. The van der Waals surface area contributed by atoms with Crippen LogP contribution in [0, 0.1) is 5.82 Å². The van der Waals surface area contributed by atoms with E-state index in [0.29, 0.717) is 4.31 Å². The Morgan fingerprint density at radius 2 is 1.89 bits per heavy atom. The van der Waals surface area contributed by atoms with E-state index in [1.165, 1.54) is 12.4 Å². The minimum atomic E-state index is -4.26. The summed E-state index contributed by atoms with van der Waals surface area (Å²) in [5.41, 5.74) is 0.452. The first kappa shape index (κ1) is 17.0. The van der Waals surface area contributed by atoms with Gasteiger partial charge in [-0.1, -0.05) is 18.2 Å². The molecule has 3 aromatic rings. The van der Waals surface area contributed by atoms with E-state index in [9.17, 15) is 18.3 Å². The number of nitrogens with zero attached hydrogens (tertiary/aromatic N) is 3. The van der Waals surface area contributed by atoms with Crippen molar-refractivity contribution in [3.63, 3.8) is 0 Å². The molecule has 1 saturated heterocycles. The smallest absolute Gasteiger partial charge is 0.326 e. The molecule has 2 aromatic carbocycles. The number of carbonyl (C=O) groups is 1. The zero-order valence-electron chi connectivity index (χ0n) is 13.7. The van der Waals surface area contributed by atoms with Crippen LogP contribution in [0.2, 0.25) is 0 Å². The molecule has 1 aliphatic rings. The number of hydrogen-bond acceptors (Lipinski definition) is 5. The van der Waals surface area contributed by atoms with Crippen LogP contribution in [0.5, 0.6) is 5.75 Å². The number of aromatic nitrogens is 2. The number of halogens is 1. The normalized spacial score (nSPS) is 15.7. The van der Waals surface area contributed by atoms with Gasteiger partial charge in [-0.2, -0.15) is 8.42 Å². The summed E-state index contributed by atoms with van der Waals surface area (Å²) in [4.78, 5) is 15.6. The largest absolute Gasteiger partial charge is 0.506 e. The maximum atomic E-state index is 15.1. The summed E-state index contributed by atoms with van der Waals surface area (Å²) in [5.74, 6) is -2.40. The van der Waals surface area contributed by atoms with Gasteiger partial charge in [0.1, 0.15) is 18.0 Å². The Bertz CT molecular complexity index is 1140. The summed E-state index contributed by atoms with van der Waals surface area (Å²) >= 11 is 0. The van der Waals surface area contributed by atoms with Crippen molar-refractivity contribution in [2.45, 2.75) is 0 Å². The number of nitrogens with one attached hydrogen (secondary N) is 1. The quantitative estimate of drug-likeness (QED) is 0.709. The maximum Gasteiger partial charge on any atom is 0.326 e. The molecule has 27 heavy (non-hydrogen) atoms. The number of para-hydroxylation sites is 1. The van der Waals surface area contributed by atoms with E-state index in [4.69, 9.17) is 0 Å². The predicted molar refractivity (Wildman–Crippen MR) is 95.0 cm³/mol. The Labute approximate surface area is 153 Å². The number of amides is 1. The number of imidazole rings is 1. The van der Waals surface area contributed by atoms with Gasteiger partial charge < -0.3 is 9.67 Å². The summed E-state index contributed by atoms with van der Waals surface area (Å²) in [5, 5.41) is 10.0. The highest BCUT2D eigenvalue weighted by Crippen LogP contribution is 2.38. The van der Waals surface area contributed by atoms with Crippen LogP contribution in [0.15, 0.2) is 55.0 Å². The molecule has 0 aliphatic carbocycles. The summed E-state index contributed by atoms with van der Waals surface area (Å²) in [6, 6.07) is 11.7. The molecule has 2 heterocycles. The lowest BCUT2D eigenvalue weighted by molar-refractivity contribution is -0.117. The second kappa shape index (κ2) is 6.09. The van der Waals surface area contributed by atoms with Gasteiger partial charge in [-0.15, -0.1) is 0 Å². The molecule has 0 unspecified atom stereocenters. The molecule has 138 valence electrons. The monoisotopic (exact) mass is 388 g/mol. The highest BCUT2D eigenvalue weighted by molar-refractivity contribution is 7.92. The molecular weight excluding hydrogens is 375 g/mol. The second-order valence-electron chi connectivity index (χ2n) is 5.83. The van der Waals surface area contributed by atoms with Crippen molar-refractivity contribution < 1.29 is 22.7 Å². The van der Waals surface area contributed by atoms with Gasteiger partial charge in [0.05, 0.1) is 12.0 Å². The van der Waals surface area contributed by atoms with Crippen LogP contribution in [0.1, 0.15) is 0 Å². The fourth-order valence-electron chi connectivity index (χ4n) is 2.84. The molecule has 0 radical (unpaired) electrons. The zero-order chi connectivity index (χ0) is 19.2. The van der Waals surface area contributed by atoms with E-state index >= 15 is 4.39 Å². The van der Waals surface area contributed by atoms with Crippen LogP contribution >= 0.6 is 0 Å². The van der Waals surface area contributed by atoms with Crippen LogP contribution < -0.4 is 9.03 Å². The molecule has 0 atom stereocenters. The lowest BCUT2D eigenvalue weighted by Gasteiger charge is -2.18. The highest BCUT2D eigenvalue weighted by atomic mass is 32.2. The van der Waals surface area contributed by atoms with Crippen LogP contribution in [0.3, 0.4) is 0 Å². The molecule has 0 bridgehead atoms. The Balaban J connectivity index is 1.80. The van der Waals surface area contributed by atoms with Gasteiger partial charge in [0.2, 0.25) is 0 Å². The molecule has 2 N–H and O–H groups in total. The molecule has 10 heteroatoms. The third-order valence-electron chi connectivity index (χ3n) is 4.08. The molecule has 0 spiro atoms. The minimum Gasteiger partial charge on any atom is -0.506 e. The average molecular weight is 388 g/mol. The molecule has 8 nitrogen and oxygen atoms in total. The third-order valence-corrected chi connectivity index (χ3v) is 5.45. The van der Waals surface area contributed by atoms with Gasteiger partial charge in [-0.25, -0.2) is 18.4 Å². The standard InChI is InChI=1S/C17H13FN4O4S/c18-16-12(13-8-21(10-19-13)11-4-2-1-3-5-11)6-7-14(23)17(16)22-9-15(24)20-27(22,25)26/h1-8,10,23H,9H2,(H,20,24). The fourth-order valence-corrected chi connectivity index (χ4v) is 4.00. The van der Waals surface area contributed by atoms with E-state index in [-0.39, 0.29) is 11.3 Å². The molecule has 1 aliphatic heterocycles. The molecular formula is C17H13FN4O4S. The number of benzene rings is 2. The Morgan fingerprint density at radius 3 is 2.56 bits per heavy atom. The lowest BCUT2D eigenvalue weighted by atomic mass is 10.1. The second-order valence-corrected chi connectivity index (χ2v) is 7.43. The summed E-state index contributed by atoms with van der Waals surface area (Å²) in [7, 11) is -4.26. The minimum absolute atomic E-state index is 0.00738. The number of rotatable bonds is 3. The van der Waals surface area contributed by atoms with Gasteiger partial charge in [-0.05, 0) is 24.3 Å². The van der Waals surface area contributed by atoms with Gasteiger partial charge >= 0.3 is 10.2 Å². The highest BCUT2D eigenvalue weighted by Gasteiger charge is 2.38. The number of hydrogen-bond donors (Lipinski definition) is 2. The topological polar surface area (TPSA) is 105 Å². The molecule has 1 fully saturated rings. The molecule has 0 saturated carbocycles. The first-order valence-electron chi connectivity index (χ1n) is 7.81. The first-order chi connectivity index (χ1) is 12.9. The van der Waals surface area contributed by atoms with E-state index in [1.54, 1.807) is 15.5 Å². The number of carbonyl (C=O) groups excluding carboxylic acids is 1. The van der Waals surface area contributed by atoms with Gasteiger partial charge in [0, 0.05) is 17.4 Å². The first-order valence-corrected chi connectivity index (χ1v) is 9.25. The lowest BCUT2D eigenvalue weighted by Crippen LogP contribution is -2.30. The van der Waals surface area contributed by atoms with E-state index in [2.05, 4.69) is 4.98 Å². The number of phenols is 1. The van der Waals surface area contributed by atoms with Gasteiger partial charge in [-0.3, -0.25) is 4.79 Å². The van der Waals surface area contributed by atoms with Gasteiger partial charge in [0.15, 0.2) is 5.82 Å². The molecule has 1 aromatic heterocycles. The van der Waals surface area contributed by atoms with Crippen molar-refractivity contribution >= 4 is 21.8 Å². The summed E-state index contributed by atoms with van der Waals surface area (Å²) < 4.78 is 43.0. The Hall–Kier alpha value is -3.40. The van der Waals surface area contributed by atoms with Gasteiger partial charge in [0.25, 0.3) is 5.91 Å². The van der Waals surface area contributed by atoms with Crippen LogP contribution in [0.25, 0.3) is 16.9 Å². The number of anilines is 1. The summed E-state index contributed by atoms with van der Waals surface area (Å²) in [6.07, 6.45) is 3.07. The van der Waals surface area contributed by atoms with E-state index in [0.717, 1.165) is 11.8 Å². The SMILES string of the molecule is O=C1CN(c2c(O)ccc(-c3cn(-c4ccccc4)cn3)c2F)S(=O)(=O)N1.